The molecule has 4 nitrogen and oxygen atoms in total. The number of thiophene rings is 1. The highest BCUT2D eigenvalue weighted by Gasteiger charge is 2.41. The van der Waals surface area contributed by atoms with Gasteiger partial charge < -0.3 is 14.6 Å². The van der Waals surface area contributed by atoms with Crippen LogP contribution < -0.4 is 10.1 Å². The van der Waals surface area contributed by atoms with Gasteiger partial charge in [0.2, 0.25) is 5.91 Å². The van der Waals surface area contributed by atoms with Crippen molar-refractivity contribution < 1.29 is 22.7 Å². The molecule has 1 amide bonds. The smallest absolute Gasteiger partial charge is 0.422 e. The number of halogens is 3. The summed E-state index contributed by atoms with van der Waals surface area (Å²) in [5, 5.41) is 4.39. The van der Waals surface area contributed by atoms with E-state index in [2.05, 4.69) is 28.2 Å². The van der Waals surface area contributed by atoms with E-state index in [4.69, 9.17) is 4.74 Å². The van der Waals surface area contributed by atoms with E-state index in [1.807, 2.05) is 26.1 Å². The van der Waals surface area contributed by atoms with E-state index in [-0.39, 0.29) is 17.0 Å². The molecule has 30 heavy (non-hydrogen) atoms. The van der Waals surface area contributed by atoms with E-state index < -0.39 is 12.8 Å². The van der Waals surface area contributed by atoms with E-state index in [0.29, 0.717) is 18.3 Å². The quantitative estimate of drug-likeness (QED) is 0.528. The summed E-state index contributed by atoms with van der Waals surface area (Å²) < 4.78 is 43.7. The van der Waals surface area contributed by atoms with Crippen molar-refractivity contribution in [3.8, 4) is 5.06 Å². The highest BCUT2D eigenvalue weighted by Crippen LogP contribution is 2.51. The van der Waals surface area contributed by atoms with Crippen LogP contribution in [-0.2, 0) is 11.8 Å². The van der Waals surface area contributed by atoms with Gasteiger partial charge >= 0.3 is 6.18 Å². The Morgan fingerprint density at radius 1 is 1.30 bits per heavy atom. The van der Waals surface area contributed by atoms with Gasteiger partial charge in [0.05, 0.1) is 6.04 Å². The van der Waals surface area contributed by atoms with Crippen molar-refractivity contribution in [3.63, 3.8) is 0 Å². The minimum absolute atomic E-state index is 0.0404. The van der Waals surface area contributed by atoms with Gasteiger partial charge in [0, 0.05) is 35.4 Å². The molecule has 1 aromatic carbocycles. The van der Waals surface area contributed by atoms with Crippen LogP contribution in [0.15, 0.2) is 42.6 Å². The van der Waals surface area contributed by atoms with Crippen molar-refractivity contribution in [2.24, 2.45) is 13.0 Å². The van der Waals surface area contributed by atoms with Crippen LogP contribution in [0, 0.1) is 5.92 Å². The lowest BCUT2D eigenvalue weighted by atomic mass is 10.1. The van der Waals surface area contributed by atoms with E-state index >= 15 is 0 Å². The molecule has 2 aromatic heterocycles. The predicted octanol–water partition coefficient (Wildman–Crippen LogP) is 5.55. The normalized spacial score (nSPS) is 19.6. The van der Waals surface area contributed by atoms with Crippen molar-refractivity contribution in [1.29, 1.82) is 0 Å². The summed E-state index contributed by atoms with van der Waals surface area (Å²) in [5.41, 5.74) is 2.49. The standard InChI is InChI=1S/C22H23F3N2O2S/c1-13(19-7-8-21(30-19)29-12-22(23,24)25)26-20(28)10-14-9-16(14)17-11-27(2)18-6-4-3-5-15(17)18/h3-8,11,13-14,16H,9-10,12H2,1-2H3,(H,26,28)/t13-,14+,16-/m1/s1. The Kier molecular flexibility index (Phi) is 5.53. The first-order valence-corrected chi connectivity index (χ1v) is 10.7. The lowest BCUT2D eigenvalue weighted by molar-refractivity contribution is -0.152. The molecule has 3 atom stereocenters. The lowest BCUT2D eigenvalue weighted by Gasteiger charge is -2.12. The Morgan fingerprint density at radius 3 is 2.83 bits per heavy atom. The van der Waals surface area contributed by atoms with Gasteiger partial charge in [-0.15, -0.1) is 11.3 Å². The fraction of sp³-hybridized carbons (Fsp3) is 0.409. The van der Waals surface area contributed by atoms with Crippen molar-refractivity contribution >= 4 is 28.1 Å². The molecule has 0 unspecified atom stereocenters. The second kappa shape index (κ2) is 7.98. The van der Waals surface area contributed by atoms with Crippen LogP contribution in [0.25, 0.3) is 10.9 Å². The number of aromatic nitrogens is 1. The summed E-state index contributed by atoms with van der Waals surface area (Å²) in [7, 11) is 2.03. The topological polar surface area (TPSA) is 43.3 Å². The van der Waals surface area contributed by atoms with Gasteiger partial charge in [0.15, 0.2) is 11.7 Å². The summed E-state index contributed by atoms with van der Waals surface area (Å²) in [6.45, 7) is 0.511. The Bertz CT molecular complexity index is 1060. The fourth-order valence-corrected chi connectivity index (χ4v) is 4.79. The summed E-state index contributed by atoms with van der Waals surface area (Å²) in [5.74, 6) is 0.666. The van der Waals surface area contributed by atoms with Gasteiger partial charge in [-0.25, -0.2) is 0 Å². The number of rotatable bonds is 7. The van der Waals surface area contributed by atoms with Gasteiger partial charge in [0.25, 0.3) is 0 Å². The van der Waals surface area contributed by atoms with Gasteiger partial charge in [-0.2, -0.15) is 13.2 Å². The van der Waals surface area contributed by atoms with Crippen LogP contribution in [0.2, 0.25) is 0 Å². The molecule has 0 saturated heterocycles. The van der Waals surface area contributed by atoms with Crippen LogP contribution in [0.1, 0.15) is 42.2 Å². The molecule has 0 aliphatic heterocycles. The Hall–Kier alpha value is -2.48. The molecule has 1 aliphatic carbocycles. The number of fused-ring (bicyclic) bond motifs is 1. The van der Waals surface area contributed by atoms with E-state index in [0.717, 1.165) is 22.6 Å². The number of nitrogens with one attached hydrogen (secondary N) is 1. The number of benzene rings is 1. The number of nitrogens with zero attached hydrogens (tertiary/aromatic N) is 1. The summed E-state index contributed by atoms with van der Waals surface area (Å²) in [6.07, 6.45) is -0.774. The highest BCUT2D eigenvalue weighted by atomic mass is 32.1. The Morgan fingerprint density at radius 2 is 2.07 bits per heavy atom. The van der Waals surface area contributed by atoms with E-state index in [1.165, 1.54) is 22.5 Å². The molecule has 1 saturated carbocycles. The van der Waals surface area contributed by atoms with Crippen molar-refractivity contribution in [2.75, 3.05) is 6.61 Å². The second-order valence-electron chi connectivity index (χ2n) is 7.87. The molecule has 2 heterocycles. The van der Waals surface area contributed by atoms with Gasteiger partial charge in [-0.05, 0) is 48.9 Å². The molecule has 4 rings (SSSR count). The third kappa shape index (κ3) is 4.64. The number of hydrogen-bond donors (Lipinski definition) is 1. The van der Waals surface area contributed by atoms with Crippen molar-refractivity contribution in [2.45, 2.75) is 37.9 Å². The van der Waals surface area contributed by atoms with Crippen LogP contribution in [0.5, 0.6) is 5.06 Å². The SMILES string of the molecule is C[C@@H](NC(=O)C[C@@H]1C[C@H]1c1cn(C)c2ccccc12)c1ccc(OCC(F)(F)F)s1. The third-order valence-electron chi connectivity index (χ3n) is 5.48. The summed E-state index contributed by atoms with van der Waals surface area (Å²) in [4.78, 5) is 13.3. The third-order valence-corrected chi connectivity index (χ3v) is 6.66. The van der Waals surface area contributed by atoms with E-state index in [1.54, 1.807) is 6.07 Å². The maximum Gasteiger partial charge on any atom is 0.422 e. The fourth-order valence-electron chi connectivity index (χ4n) is 3.93. The molecule has 160 valence electrons. The maximum absolute atomic E-state index is 12.5. The van der Waals surface area contributed by atoms with Crippen LogP contribution in [0.3, 0.4) is 0 Å². The zero-order valence-corrected chi connectivity index (χ0v) is 17.5. The van der Waals surface area contributed by atoms with E-state index in [9.17, 15) is 18.0 Å². The zero-order chi connectivity index (χ0) is 21.5. The molecule has 8 heteroatoms. The number of hydrogen-bond acceptors (Lipinski definition) is 3. The van der Waals surface area contributed by atoms with Crippen molar-refractivity contribution in [3.05, 3.63) is 53.0 Å². The largest absolute Gasteiger partial charge is 0.475 e. The number of carbonyl (C=O) groups excluding carboxylic acids is 1. The number of carbonyl (C=O) groups is 1. The Labute approximate surface area is 176 Å². The average molecular weight is 436 g/mol. The number of ether oxygens (including phenoxy) is 1. The molecule has 1 N–H and O–H groups in total. The minimum Gasteiger partial charge on any atom is -0.475 e. The molecule has 1 aliphatic rings. The predicted molar refractivity (Wildman–Crippen MR) is 111 cm³/mol. The second-order valence-corrected chi connectivity index (χ2v) is 8.95. The summed E-state index contributed by atoms with van der Waals surface area (Å²) >= 11 is 1.12. The minimum atomic E-state index is -4.37. The molecular weight excluding hydrogens is 413 g/mol. The zero-order valence-electron chi connectivity index (χ0n) is 16.7. The van der Waals surface area contributed by atoms with Crippen LogP contribution >= 0.6 is 11.3 Å². The molecular formula is C22H23F3N2O2S. The molecule has 1 fully saturated rings. The summed E-state index contributed by atoms with van der Waals surface area (Å²) in [6, 6.07) is 11.2. The van der Waals surface area contributed by atoms with Crippen molar-refractivity contribution in [1.82, 2.24) is 9.88 Å². The number of aryl methyl sites for hydroxylation is 1. The lowest BCUT2D eigenvalue weighted by Crippen LogP contribution is -2.26. The highest BCUT2D eigenvalue weighted by molar-refractivity contribution is 7.13. The number of amides is 1. The van der Waals surface area contributed by atoms with Gasteiger partial charge in [-0.3, -0.25) is 4.79 Å². The maximum atomic E-state index is 12.5. The molecule has 0 bridgehead atoms. The Balaban J connectivity index is 1.31. The molecule has 0 spiro atoms. The molecule has 3 aromatic rings. The monoisotopic (exact) mass is 436 g/mol. The average Bonchev–Trinajstić information content (AvgIpc) is 3.12. The van der Waals surface area contributed by atoms with Crippen LogP contribution in [-0.4, -0.2) is 23.3 Å². The molecule has 0 radical (unpaired) electrons. The number of para-hydroxylation sites is 1. The first-order chi connectivity index (χ1) is 14.2. The first-order valence-electron chi connectivity index (χ1n) is 9.84. The number of alkyl halides is 3. The van der Waals surface area contributed by atoms with Crippen LogP contribution in [0.4, 0.5) is 13.2 Å². The van der Waals surface area contributed by atoms with Gasteiger partial charge in [-0.1, -0.05) is 18.2 Å². The first kappa shape index (κ1) is 20.8. The van der Waals surface area contributed by atoms with Gasteiger partial charge in [0.1, 0.15) is 0 Å².